The van der Waals surface area contributed by atoms with E-state index in [0.29, 0.717) is 34.8 Å². The van der Waals surface area contributed by atoms with Crippen LogP contribution in [-0.2, 0) is 6.54 Å². The molecule has 0 bridgehead atoms. The molecule has 5 aromatic rings. The Morgan fingerprint density at radius 3 is 2.84 bits per heavy atom. The highest BCUT2D eigenvalue weighted by molar-refractivity contribution is 7.22. The maximum Gasteiger partial charge on any atom is 0.255 e. The van der Waals surface area contributed by atoms with Gasteiger partial charge in [-0.05, 0) is 42.0 Å². The second kappa shape index (κ2) is 8.20. The molecule has 4 aromatic heterocycles. The number of amides is 1. The Bertz CT molecular complexity index is 1460. The molecule has 5 rings (SSSR count). The lowest BCUT2D eigenvalue weighted by molar-refractivity contribution is 0.0951. The quantitative estimate of drug-likeness (QED) is 0.388. The number of hydrogen-bond donors (Lipinski definition) is 2. The fourth-order valence-corrected chi connectivity index (χ4v) is 4.41. The van der Waals surface area contributed by atoms with Crippen LogP contribution in [0.2, 0.25) is 0 Å². The van der Waals surface area contributed by atoms with E-state index in [1.54, 1.807) is 52.4 Å². The molecule has 158 valence electrons. The van der Waals surface area contributed by atoms with Crippen molar-refractivity contribution in [2.24, 2.45) is 0 Å². The van der Waals surface area contributed by atoms with E-state index in [4.69, 9.17) is 0 Å². The minimum Gasteiger partial charge on any atom is -0.365 e. The summed E-state index contributed by atoms with van der Waals surface area (Å²) in [7, 11) is 1.84. The molecule has 1 aromatic carbocycles. The molecule has 0 aliphatic rings. The molecular formula is C23H18N6O2S. The summed E-state index contributed by atoms with van der Waals surface area (Å²) >= 11 is 1.56. The first-order valence-electron chi connectivity index (χ1n) is 9.91. The lowest BCUT2D eigenvalue weighted by Crippen LogP contribution is -2.23. The Balaban J connectivity index is 1.44. The lowest BCUT2D eigenvalue weighted by Gasteiger charge is -2.07. The van der Waals surface area contributed by atoms with E-state index < -0.39 is 0 Å². The Kier molecular flexibility index (Phi) is 5.08. The van der Waals surface area contributed by atoms with Gasteiger partial charge in [0.2, 0.25) is 0 Å². The maximum absolute atomic E-state index is 13.0. The van der Waals surface area contributed by atoms with Crippen LogP contribution in [0.1, 0.15) is 26.4 Å². The summed E-state index contributed by atoms with van der Waals surface area (Å²) in [6.45, 7) is 0.358. The number of hydrogen-bond acceptors (Lipinski definition) is 7. The summed E-state index contributed by atoms with van der Waals surface area (Å²) in [6.07, 6.45) is 4.09. The van der Waals surface area contributed by atoms with E-state index in [1.807, 2.05) is 31.3 Å². The second-order valence-electron chi connectivity index (χ2n) is 7.05. The van der Waals surface area contributed by atoms with Crippen LogP contribution in [-0.4, -0.2) is 38.6 Å². The fourth-order valence-electron chi connectivity index (χ4n) is 3.53. The number of aldehydes is 1. The average Bonchev–Trinajstić information content (AvgIpc) is 3.43. The Labute approximate surface area is 187 Å². The molecule has 0 saturated heterocycles. The van der Waals surface area contributed by atoms with Crippen LogP contribution < -0.4 is 10.6 Å². The van der Waals surface area contributed by atoms with E-state index in [9.17, 15) is 9.59 Å². The lowest BCUT2D eigenvalue weighted by atomic mass is 10.2. The van der Waals surface area contributed by atoms with Gasteiger partial charge in [0.25, 0.3) is 5.91 Å². The summed E-state index contributed by atoms with van der Waals surface area (Å²) < 4.78 is 2.67. The van der Waals surface area contributed by atoms with Gasteiger partial charge < -0.3 is 10.6 Å². The van der Waals surface area contributed by atoms with Gasteiger partial charge in [-0.2, -0.15) is 0 Å². The highest BCUT2D eigenvalue weighted by atomic mass is 32.1. The van der Waals surface area contributed by atoms with Gasteiger partial charge in [-0.25, -0.2) is 9.97 Å². The predicted molar refractivity (Wildman–Crippen MR) is 124 cm³/mol. The van der Waals surface area contributed by atoms with Gasteiger partial charge in [0.15, 0.2) is 17.1 Å². The average molecular weight is 443 g/mol. The van der Waals surface area contributed by atoms with Gasteiger partial charge in [-0.1, -0.05) is 23.5 Å². The van der Waals surface area contributed by atoms with E-state index in [1.165, 1.54) is 0 Å². The highest BCUT2D eigenvalue weighted by Gasteiger charge is 2.19. The molecule has 0 saturated carbocycles. The summed E-state index contributed by atoms with van der Waals surface area (Å²) in [5, 5.41) is 6.85. The van der Waals surface area contributed by atoms with Crippen LogP contribution in [0.4, 0.5) is 5.13 Å². The molecule has 0 unspecified atom stereocenters. The van der Waals surface area contributed by atoms with E-state index in [-0.39, 0.29) is 5.91 Å². The SMILES string of the molecule is CNc1nc2ccc(CNC(=O)c3cccn4c(C=O)c(-c5ccccn5)nc34)cc2s1. The molecule has 4 heterocycles. The van der Waals surface area contributed by atoms with Crippen LogP contribution in [0.15, 0.2) is 60.9 Å². The number of rotatable bonds is 6. The first-order chi connectivity index (χ1) is 15.7. The largest absolute Gasteiger partial charge is 0.365 e. The number of anilines is 1. The number of imidazole rings is 1. The number of pyridine rings is 2. The first kappa shape index (κ1) is 19.8. The summed E-state index contributed by atoms with van der Waals surface area (Å²) in [4.78, 5) is 38.1. The number of carbonyl (C=O) groups is 2. The molecule has 0 spiro atoms. The van der Waals surface area contributed by atoms with Gasteiger partial charge in [0, 0.05) is 26.0 Å². The Morgan fingerprint density at radius 1 is 1.16 bits per heavy atom. The smallest absolute Gasteiger partial charge is 0.255 e. The van der Waals surface area contributed by atoms with Crippen LogP contribution in [0.3, 0.4) is 0 Å². The number of fused-ring (bicyclic) bond motifs is 2. The van der Waals surface area contributed by atoms with Crippen LogP contribution in [0, 0.1) is 0 Å². The van der Waals surface area contributed by atoms with Crippen molar-refractivity contribution in [3.8, 4) is 11.4 Å². The van der Waals surface area contributed by atoms with Crippen LogP contribution in [0.5, 0.6) is 0 Å². The monoisotopic (exact) mass is 442 g/mol. The van der Waals surface area contributed by atoms with Gasteiger partial charge in [-0.3, -0.25) is 19.0 Å². The highest BCUT2D eigenvalue weighted by Crippen LogP contribution is 2.27. The van der Waals surface area contributed by atoms with Crippen LogP contribution in [0.25, 0.3) is 27.3 Å². The van der Waals surface area contributed by atoms with Crippen molar-refractivity contribution in [1.82, 2.24) is 24.7 Å². The number of carbonyl (C=O) groups excluding carboxylic acids is 2. The van der Waals surface area contributed by atoms with Crippen molar-refractivity contribution in [3.05, 3.63) is 77.7 Å². The van der Waals surface area contributed by atoms with Crippen molar-refractivity contribution in [3.63, 3.8) is 0 Å². The van der Waals surface area contributed by atoms with E-state index in [0.717, 1.165) is 27.2 Å². The second-order valence-corrected chi connectivity index (χ2v) is 8.08. The molecule has 1 amide bonds. The first-order valence-corrected chi connectivity index (χ1v) is 10.7. The Hall–Kier alpha value is -4.11. The number of nitrogens with zero attached hydrogens (tertiary/aromatic N) is 4. The van der Waals surface area contributed by atoms with Gasteiger partial charge in [0.1, 0.15) is 11.4 Å². The Morgan fingerprint density at radius 2 is 2.06 bits per heavy atom. The number of benzene rings is 1. The van der Waals surface area contributed by atoms with Crippen molar-refractivity contribution in [1.29, 1.82) is 0 Å². The van der Waals surface area contributed by atoms with Crippen molar-refractivity contribution in [2.45, 2.75) is 6.54 Å². The zero-order valence-corrected chi connectivity index (χ0v) is 17.9. The molecule has 8 nitrogen and oxygen atoms in total. The summed E-state index contributed by atoms with van der Waals surface area (Å²) in [5.74, 6) is -0.272. The zero-order valence-electron chi connectivity index (χ0n) is 17.1. The molecule has 32 heavy (non-hydrogen) atoms. The standard InChI is InChI=1S/C23H18N6O2S/c1-24-23-27-16-8-7-14(11-19(16)32-23)12-26-22(31)15-5-4-10-29-18(13-30)20(28-21(15)29)17-6-2-3-9-25-17/h2-11,13H,12H2,1H3,(H,24,27)(H,26,31). The van der Waals surface area contributed by atoms with Crippen LogP contribution >= 0.6 is 11.3 Å². The molecule has 2 N–H and O–H groups in total. The van der Waals surface area contributed by atoms with Crippen molar-refractivity contribution in [2.75, 3.05) is 12.4 Å². The maximum atomic E-state index is 13.0. The van der Waals surface area contributed by atoms with Gasteiger partial charge in [-0.15, -0.1) is 0 Å². The number of aromatic nitrogens is 4. The summed E-state index contributed by atoms with van der Waals surface area (Å²) in [6, 6.07) is 14.7. The molecule has 0 atom stereocenters. The minimum absolute atomic E-state index is 0.272. The molecule has 0 aliphatic heterocycles. The predicted octanol–water partition coefficient (Wildman–Crippen LogP) is 3.79. The van der Waals surface area contributed by atoms with Gasteiger partial charge in [0.05, 0.1) is 21.5 Å². The zero-order chi connectivity index (χ0) is 22.1. The molecule has 0 radical (unpaired) electrons. The van der Waals surface area contributed by atoms with Gasteiger partial charge >= 0.3 is 0 Å². The molecule has 9 heteroatoms. The molecule has 0 fully saturated rings. The van der Waals surface area contributed by atoms with E-state index in [2.05, 4.69) is 25.6 Å². The van der Waals surface area contributed by atoms with E-state index >= 15 is 0 Å². The molecule has 0 aliphatic carbocycles. The molecular weight excluding hydrogens is 424 g/mol. The number of nitrogens with one attached hydrogen (secondary N) is 2. The third kappa shape index (κ3) is 3.48. The number of thiazole rings is 1. The normalized spacial score (nSPS) is 11.0. The minimum atomic E-state index is -0.272. The van der Waals surface area contributed by atoms with Crippen molar-refractivity contribution >= 4 is 44.5 Å². The summed E-state index contributed by atoms with van der Waals surface area (Å²) in [5.41, 5.74) is 4.04. The van der Waals surface area contributed by atoms with Crippen molar-refractivity contribution < 1.29 is 9.59 Å². The third-order valence-electron chi connectivity index (χ3n) is 5.07. The topological polar surface area (TPSA) is 101 Å². The third-order valence-corrected chi connectivity index (χ3v) is 6.11. The fraction of sp³-hybridized carbons (Fsp3) is 0.0870.